The molecule has 7 aromatic rings. The van der Waals surface area contributed by atoms with Crippen LogP contribution >= 0.6 is 58.1 Å². The molecule has 8 rings (SSSR count). The molecule has 4 N–H and O–H groups in total. The van der Waals surface area contributed by atoms with E-state index in [1.54, 1.807) is 60.5 Å². The van der Waals surface area contributed by atoms with Gasteiger partial charge in [-0.2, -0.15) is 0 Å². The van der Waals surface area contributed by atoms with Gasteiger partial charge in [0.1, 0.15) is 30.2 Å². The van der Waals surface area contributed by atoms with Crippen molar-refractivity contribution in [2.24, 2.45) is 9.98 Å². The number of hydrogen-bond donors (Lipinski definition) is 4. The lowest BCUT2D eigenvalue weighted by Crippen LogP contribution is -2.47. The number of imidazole rings is 1. The standard InChI is InChI=1S/C30H34N4O5S.C21H15Cl2N3O2S2/c1-19(24-18-40-28(27(24)36)20-6-9-22(10-7-20)30(2,3)4)31-17-26(35)21-8-11-23(25(16-21)34(38)39)29(37)33-14-12-32(5)13-15-33;1-10(13-9-30-20(19(13)28)12-2-4-14(22)15(23)6-12)24-8-18(27)11-3-5-16-17(7-11)26-21(29)25-16/h6-11,16,18,36H,12-15,17H2,1-5H3;2-7,9,28H,8H2,1H3,(H2,25,26,29). The number of ketones is 2. The van der Waals surface area contributed by atoms with E-state index in [1.165, 1.54) is 40.4 Å². The number of amides is 1. The van der Waals surface area contributed by atoms with Crippen LogP contribution in [-0.4, -0.2) is 110 Å². The zero-order chi connectivity index (χ0) is 50.6. The second-order valence-corrected chi connectivity index (χ2v) is 20.7. The summed E-state index contributed by atoms with van der Waals surface area (Å²) < 4.78 is 0.508. The van der Waals surface area contributed by atoms with Crippen molar-refractivity contribution < 1.29 is 29.5 Å². The predicted octanol–water partition coefficient (Wildman–Crippen LogP) is 12.1. The summed E-state index contributed by atoms with van der Waals surface area (Å²) in [5.74, 6) is -0.757. The van der Waals surface area contributed by atoms with Crippen molar-refractivity contribution in [2.45, 2.75) is 40.0 Å². The Kier molecular flexibility index (Phi) is 16.0. The number of thiophene rings is 2. The number of benzene rings is 4. The summed E-state index contributed by atoms with van der Waals surface area (Å²) in [5.41, 5.74) is 6.88. The highest BCUT2D eigenvalue weighted by atomic mass is 35.5. The van der Waals surface area contributed by atoms with Crippen LogP contribution in [0.3, 0.4) is 0 Å². The number of aromatic nitrogens is 2. The number of nitro benzene ring substituents is 1. The number of aromatic hydroxyl groups is 2. The lowest BCUT2D eigenvalue weighted by atomic mass is 9.86. The van der Waals surface area contributed by atoms with E-state index in [0.717, 1.165) is 28.2 Å². The molecule has 0 saturated carbocycles. The molecule has 4 aromatic carbocycles. The third-order valence-electron chi connectivity index (χ3n) is 11.8. The Bertz CT molecular complexity index is 3270. The van der Waals surface area contributed by atoms with Gasteiger partial charge in [0.15, 0.2) is 16.3 Å². The molecule has 0 unspecified atom stereocenters. The second kappa shape index (κ2) is 21.7. The smallest absolute Gasteiger partial charge is 0.282 e. The molecule has 1 aliphatic rings. The van der Waals surface area contributed by atoms with E-state index in [1.807, 2.05) is 24.6 Å². The normalized spacial score (nSPS) is 13.6. The van der Waals surface area contributed by atoms with E-state index in [4.69, 9.17) is 35.4 Å². The summed E-state index contributed by atoms with van der Waals surface area (Å²) in [6.45, 7) is 12.0. The number of rotatable bonds is 12. The molecule has 19 heteroatoms. The predicted molar refractivity (Wildman–Crippen MR) is 284 cm³/mol. The Morgan fingerprint density at radius 1 is 0.729 bits per heavy atom. The molecule has 3 aromatic heterocycles. The van der Waals surface area contributed by atoms with Crippen molar-refractivity contribution >= 4 is 104 Å². The molecule has 4 heterocycles. The molecule has 1 saturated heterocycles. The van der Waals surface area contributed by atoms with Gasteiger partial charge in [-0.15, -0.1) is 22.7 Å². The number of carbonyl (C=O) groups excluding carboxylic acids is 3. The van der Waals surface area contributed by atoms with Gasteiger partial charge in [0.05, 0.1) is 35.8 Å². The average Bonchev–Trinajstić information content (AvgIpc) is 4.04. The Labute approximate surface area is 427 Å². The van der Waals surface area contributed by atoms with E-state index in [0.29, 0.717) is 78.9 Å². The molecule has 70 heavy (non-hydrogen) atoms. The van der Waals surface area contributed by atoms with E-state index in [9.17, 15) is 34.7 Å². The third-order valence-corrected chi connectivity index (χ3v) is 14.8. The number of fused-ring (bicyclic) bond motifs is 1. The quantitative estimate of drug-likeness (QED) is 0.0302. The first-order valence-electron chi connectivity index (χ1n) is 21.9. The molecular formula is C51H49Cl2N7O7S3. The number of nitrogens with one attached hydrogen (secondary N) is 2. The molecule has 14 nitrogen and oxygen atoms in total. The van der Waals surface area contributed by atoms with Gasteiger partial charge in [0, 0.05) is 76.7 Å². The number of carbonyl (C=O) groups is 3. The van der Waals surface area contributed by atoms with Gasteiger partial charge in [-0.25, -0.2) is 0 Å². The summed E-state index contributed by atoms with van der Waals surface area (Å²) >= 11 is 19.9. The van der Waals surface area contributed by atoms with Crippen molar-refractivity contribution in [3.63, 3.8) is 0 Å². The molecule has 0 bridgehead atoms. The van der Waals surface area contributed by atoms with Crippen molar-refractivity contribution in [2.75, 3.05) is 46.3 Å². The van der Waals surface area contributed by atoms with Gasteiger partial charge >= 0.3 is 0 Å². The number of likely N-dealkylation sites (N-methyl/N-ethyl adjacent to an activating group) is 1. The number of nitrogens with zero attached hydrogens (tertiary/aromatic N) is 5. The van der Waals surface area contributed by atoms with E-state index in [2.05, 4.69) is 57.8 Å². The molecule has 362 valence electrons. The SMILES string of the molecule is CC(=NCC(=O)c1ccc(C(=O)N2CCN(C)CC2)c([N+](=O)[O-])c1)c1csc(-c2ccc(C(C)(C)C)cc2)c1O.CC(=NCC(=O)c1ccc2[nH]c(=S)[nH]c2c1)c1csc(-c2ccc(Cl)c(Cl)c2)c1O. The first kappa shape index (κ1) is 51.5. The number of piperazine rings is 1. The molecule has 0 radical (unpaired) electrons. The van der Waals surface area contributed by atoms with Gasteiger partial charge in [-0.3, -0.25) is 34.5 Å². The van der Waals surface area contributed by atoms with Crippen LogP contribution in [0.25, 0.3) is 31.9 Å². The summed E-state index contributed by atoms with van der Waals surface area (Å²) in [6.07, 6.45) is 0. The van der Waals surface area contributed by atoms with Gasteiger partial charge in [-0.05, 0) is 91.6 Å². The van der Waals surface area contributed by atoms with Crippen LogP contribution < -0.4 is 0 Å². The minimum absolute atomic E-state index is 0.0257. The number of hydrogen-bond acceptors (Lipinski definition) is 13. The lowest BCUT2D eigenvalue weighted by Gasteiger charge is -2.32. The molecular weight excluding hydrogens is 990 g/mol. The maximum Gasteiger partial charge on any atom is 0.282 e. The fourth-order valence-electron chi connectivity index (χ4n) is 7.54. The van der Waals surface area contributed by atoms with E-state index in [-0.39, 0.29) is 46.9 Å². The molecule has 0 spiro atoms. The van der Waals surface area contributed by atoms with E-state index >= 15 is 0 Å². The van der Waals surface area contributed by atoms with E-state index < -0.39 is 22.3 Å². The topological polar surface area (TPSA) is 198 Å². The Balaban J connectivity index is 0.000000215. The van der Waals surface area contributed by atoms with Crippen LogP contribution in [0.2, 0.25) is 10.0 Å². The summed E-state index contributed by atoms with van der Waals surface area (Å²) in [5, 5.41) is 37.8. The number of H-pyrrole nitrogens is 2. The zero-order valence-corrected chi connectivity index (χ0v) is 43.0. The Morgan fingerprint density at radius 2 is 1.26 bits per heavy atom. The maximum atomic E-state index is 13.0. The summed E-state index contributed by atoms with van der Waals surface area (Å²) in [4.78, 5) is 69.4. The lowest BCUT2D eigenvalue weighted by molar-refractivity contribution is -0.385. The minimum Gasteiger partial charge on any atom is -0.506 e. The maximum absolute atomic E-state index is 13.0. The highest BCUT2D eigenvalue weighted by molar-refractivity contribution is 7.71. The molecule has 1 amide bonds. The fourth-order valence-corrected chi connectivity index (χ4v) is 10.1. The minimum atomic E-state index is -0.631. The van der Waals surface area contributed by atoms with Gasteiger partial charge in [0.2, 0.25) is 0 Å². The number of aliphatic imine (C=N–C) groups is 2. The van der Waals surface area contributed by atoms with Crippen molar-refractivity contribution in [3.05, 3.63) is 148 Å². The highest BCUT2D eigenvalue weighted by Crippen LogP contribution is 2.41. The van der Waals surface area contributed by atoms with Crippen LogP contribution in [0, 0.1) is 14.9 Å². The van der Waals surface area contributed by atoms with Crippen molar-refractivity contribution in [1.82, 2.24) is 19.8 Å². The fraction of sp³-hybridized carbons (Fsp3) is 0.255. The van der Waals surface area contributed by atoms with Gasteiger partial charge in [0.25, 0.3) is 11.6 Å². The second-order valence-electron chi connectivity index (χ2n) is 17.7. The van der Waals surface area contributed by atoms with Crippen molar-refractivity contribution in [3.8, 4) is 32.4 Å². The first-order valence-corrected chi connectivity index (χ1v) is 24.9. The molecule has 0 aliphatic carbocycles. The largest absolute Gasteiger partial charge is 0.506 e. The molecule has 0 atom stereocenters. The Morgan fingerprint density at radius 3 is 1.81 bits per heavy atom. The number of aromatic amines is 2. The highest BCUT2D eigenvalue weighted by Gasteiger charge is 2.28. The third kappa shape index (κ3) is 11.8. The zero-order valence-electron chi connectivity index (χ0n) is 39.1. The number of Topliss-reactive ketones (excluding diaryl/α,β-unsaturated/α-hetero) is 2. The Hall–Kier alpha value is -6.34. The summed E-state index contributed by atoms with van der Waals surface area (Å²) in [7, 11) is 1.96. The summed E-state index contributed by atoms with van der Waals surface area (Å²) in [6, 6.07) is 22.5. The van der Waals surface area contributed by atoms with Crippen LogP contribution in [0.4, 0.5) is 5.69 Å². The van der Waals surface area contributed by atoms with Gasteiger partial charge in [-0.1, -0.05) is 80.4 Å². The first-order chi connectivity index (χ1) is 33.2. The molecule has 1 fully saturated rings. The van der Waals surface area contributed by atoms with Gasteiger partial charge < -0.3 is 30.0 Å². The monoisotopic (exact) mass is 1040 g/mol. The number of nitro groups is 1. The van der Waals surface area contributed by atoms with Crippen LogP contribution in [0.15, 0.2) is 99.6 Å². The average molecular weight is 1040 g/mol. The van der Waals surface area contributed by atoms with Crippen LogP contribution in [0.1, 0.15) is 82.4 Å². The molecule has 1 aliphatic heterocycles. The van der Waals surface area contributed by atoms with Crippen LogP contribution in [-0.2, 0) is 5.41 Å². The van der Waals surface area contributed by atoms with Crippen LogP contribution in [0.5, 0.6) is 11.5 Å². The van der Waals surface area contributed by atoms with Crippen molar-refractivity contribution in [1.29, 1.82) is 0 Å². The number of halogens is 2.